The Kier molecular flexibility index (Phi) is 4.71. The van der Waals surface area contributed by atoms with Crippen molar-refractivity contribution in [3.05, 3.63) is 29.8 Å². The van der Waals surface area contributed by atoms with E-state index in [9.17, 15) is 9.59 Å². The molecule has 0 saturated carbocycles. The van der Waals surface area contributed by atoms with Gasteiger partial charge in [-0.1, -0.05) is 0 Å². The predicted octanol–water partition coefficient (Wildman–Crippen LogP) is 1.89. The van der Waals surface area contributed by atoms with Gasteiger partial charge in [-0.05, 0) is 45.0 Å². The first-order valence-corrected chi connectivity index (χ1v) is 5.60. The number of ether oxygens (including phenoxy) is 2. The third-order valence-electron chi connectivity index (χ3n) is 2.07. The fourth-order valence-electron chi connectivity index (χ4n) is 1.20. The highest BCUT2D eigenvalue weighted by Gasteiger charge is 2.21. The summed E-state index contributed by atoms with van der Waals surface area (Å²) in [5.74, 6) is -1.17. The van der Waals surface area contributed by atoms with Crippen LogP contribution in [0.3, 0.4) is 0 Å². The van der Waals surface area contributed by atoms with E-state index in [1.165, 1.54) is 31.2 Å². The molecule has 1 unspecified atom stereocenters. The van der Waals surface area contributed by atoms with Gasteiger partial charge in [-0.25, -0.2) is 9.59 Å². The monoisotopic (exact) mass is 252 g/mol. The van der Waals surface area contributed by atoms with Crippen molar-refractivity contribution in [3.63, 3.8) is 0 Å². The number of carbonyl (C=O) groups is 2. The van der Waals surface area contributed by atoms with Gasteiger partial charge in [0, 0.05) is 0 Å². The molecule has 1 atom stereocenters. The van der Waals surface area contributed by atoms with Crippen LogP contribution in [0.2, 0.25) is 0 Å². The maximum atomic E-state index is 11.6. The molecule has 0 aromatic heterocycles. The predicted molar refractivity (Wildman–Crippen MR) is 64.2 cm³/mol. The zero-order chi connectivity index (χ0) is 13.7. The highest BCUT2D eigenvalue weighted by Crippen LogP contribution is 2.11. The van der Waals surface area contributed by atoms with Crippen LogP contribution in [0.15, 0.2) is 24.3 Å². The van der Waals surface area contributed by atoms with Crippen molar-refractivity contribution < 1.29 is 24.2 Å². The molecular weight excluding hydrogens is 236 g/mol. The second-order valence-corrected chi connectivity index (χ2v) is 4.08. The molecule has 98 valence electrons. The van der Waals surface area contributed by atoms with Gasteiger partial charge in [-0.15, -0.1) is 0 Å². The van der Waals surface area contributed by atoms with Gasteiger partial charge in [-0.2, -0.15) is 0 Å². The van der Waals surface area contributed by atoms with E-state index < -0.39 is 18.0 Å². The highest BCUT2D eigenvalue weighted by atomic mass is 16.6. The minimum Gasteiger partial charge on any atom is -0.508 e. The minimum absolute atomic E-state index is 0.0545. The molecule has 0 radical (unpaired) electrons. The molecule has 0 aliphatic heterocycles. The van der Waals surface area contributed by atoms with Crippen LogP contribution in [0.5, 0.6) is 5.75 Å². The molecule has 5 nitrogen and oxygen atoms in total. The number of carbonyl (C=O) groups excluding carboxylic acids is 2. The second-order valence-electron chi connectivity index (χ2n) is 4.08. The van der Waals surface area contributed by atoms with E-state index in [2.05, 4.69) is 0 Å². The van der Waals surface area contributed by atoms with Gasteiger partial charge in [0.2, 0.25) is 0 Å². The second kappa shape index (κ2) is 6.05. The first kappa shape index (κ1) is 14.0. The molecule has 1 N–H and O–H groups in total. The Balaban J connectivity index is 2.59. The molecule has 0 spiro atoms. The van der Waals surface area contributed by atoms with Crippen LogP contribution in [0.1, 0.15) is 31.1 Å². The van der Waals surface area contributed by atoms with Gasteiger partial charge in [0.1, 0.15) is 5.75 Å². The molecule has 0 aliphatic rings. The first-order valence-electron chi connectivity index (χ1n) is 5.60. The van der Waals surface area contributed by atoms with Crippen LogP contribution in [0, 0.1) is 0 Å². The van der Waals surface area contributed by atoms with Crippen molar-refractivity contribution >= 4 is 11.9 Å². The number of hydrogen-bond donors (Lipinski definition) is 1. The zero-order valence-corrected chi connectivity index (χ0v) is 10.5. The lowest BCUT2D eigenvalue weighted by Crippen LogP contribution is -2.28. The Morgan fingerprint density at radius 2 is 1.61 bits per heavy atom. The molecule has 1 rings (SSSR count). The molecule has 18 heavy (non-hydrogen) atoms. The summed E-state index contributed by atoms with van der Waals surface area (Å²) in [4.78, 5) is 23.1. The van der Waals surface area contributed by atoms with Crippen LogP contribution >= 0.6 is 0 Å². The molecule has 0 saturated heterocycles. The van der Waals surface area contributed by atoms with E-state index in [0.29, 0.717) is 0 Å². The average molecular weight is 252 g/mol. The number of hydrogen-bond acceptors (Lipinski definition) is 5. The van der Waals surface area contributed by atoms with Gasteiger partial charge in [0.15, 0.2) is 6.10 Å². The van der Waals surface area contributed by atoms with Crippen molar-refractivity contribution in [3.8, 4) is 5.75 Å². The molecule has 0 amide bonds. The summed E-state index contributed by atoms with van der Waals surface area (Å²) in [6.07, 6.45) is -1.22. The smallest absolute Gasteiger partial charge is 0.347 e. The van der Waals surface area contributed by atoms with Crippen molar-refractivity contribution in [2.45, 2.75) is 33.0 Å². The average Bonchev–Trinajstić information content (AvgIpc) is 2.28. The quantitative estimate of drug-likeness (QED) is 0.828. The molecule has 0 bridgehead atoms. The number of benzene rings is 1. The highest BCUT2D eigenvalue weighted by molar-refractivity contribution is 5.91. The Morgan fingerprint density at radius 3 is 2.11 bits per heavy atom. The maximum Gasteiger partial charge on any atom is 0.347 e. The number of phenols is 1. The summed E-state index contributed by atoms with van der Waals surface area (Å²) in [6.45, 7) is 4.88. The van der Waals surface area contributed by atoms with Crippen molar-refractivity contribution in [1.29, 1.82) is 0 Å². The molecular formula is C13H16O5. The van der Waals surface area contributed by atoms with Crippen LogP contribution in [0.4, 0.5) is 0 Å². The fraction of sp³-hybridized carbons (Fsp3) is 0.385. The van der Waals surface area contributed by atoms with E-state index in [0.717, 1.165) is 0 Å². The van der Waals surface area contributed by atoms with Gasteiger partial charge >= 0.3 is 11.9 Å². The van der Waals surface area contributed by atoms with Crippen LogP contribution in [0.25, 0.3) is 0 Å². The van der Waals surface area contributed by atoms with E-state index in [4.69, 9.17) is 14.6 Å². The molecule has 0 aliphatic carbocycles. The van der Waals surface area contributed by atoms with E-state index in [-0.39, 0.29) is 17.4 Å². The lowest BCUT2D eigenvalue weighted by Gasteiger charge is -2.14. The number of aromatic hydroxyl groups is 1. The number of esters is 2. The Labute approximate surface area is 105 Å². The van der Waals surface area contributed by atoms with E-state index in [1.54, 1.807) is 13.8 Å². The minimum atomic E-state index is -0.964. The summed E-state index contributed by atoms with van der Waals surface area (Å²) in [6, 6.07) is 5.57. The lowest BCUT2D eigenvalue weighted by atomic mass is 10.2. The summed E-state index contributed by atoms with van der Waals surface area (Å²) in [5.41, 5.74) is 0.261. The molecule has 0 heterocycles. The van der Waals surface area contributed by atoms with Crippen molar-refractivity contribution in [1.82, 2.24) is 0 Å². The van der Waals surface area contributed by atoms with Crippen LogP contribution < -0.4 is 0 Å². The fourth-order valence-corrected chi connectivity index (χ4v) is 1.20. The molecule has 1 aromatic rings. The van der Waals surface area contributed by atoms with Gasteiger partial charge in [0.05, 0.1) is 11.7 Å². The van der Waals surface area contributed by atoms with Gasteiger partial charge in [-0.3, -0.25) is 0 Å². The largest absolute Gasteiger partial charge is 0.508 e. The Bertz CT molecular complexity index is 422. The van der Waals surface area contributed by atoms with Gasteiger partial charge in [0.25, 0.3) is 0 Å². The maximum absolute atomic E-state index is 11.6. The Hall–Kier alpha value is -2.04. The van der Waals surface area contributed by atoms with Crippen LogP contribution in [-0.4, -0.2) is 29.3 Å². The van der Waals surface area contributed by atoms with E-state index >= 15 is 0 Å². The molecule has 5 heteroatoms. The number of rotatable bonds is 4. The topological polar surface area (TPSA) is 72.8 Å². The van der Waals surface area contributed by atoms with E-state index in [1.807, 2.05) is 0 Å². The summed E-state index contributed by atoms with van der Waals surface area (Å²) >= 11 is 0. The van der Waals surface area contributed by atoms with Crippen molar-refractivity contribution in [2.24, 2.45) is 0 Å². The van der Waals surface area contributed by atoms with Crippen LogP contribution in [-0.2, 0) is 14.3 Å². The third-order valence-corrected chi connectivity index (χ3v) is 2.07. The summed E-state index contributed by atoms with van der Waals surface area (Å²) in [5, 5.41) is 9.08. The first-order chi connectivity index (χ1) is 8.40. The molecule has 0 fully saturated rings. The lowest BCUT2D eigenvalue weighted by molar-refractivity contribution is -0.156. The summed E-state index contributed by atoms with van der Waals surface area (Å²) < 4.78 is 9.86. The SMILES string of the molecule is CC(C)OC(=O)C(C)OC(=O)c1ccc(O)cc1. The van der Waals surface area contributed by atoms with Gasteiger partial charge < -0.3 is 14.6 Å². The molecule has 1 aromatic carbocycles. The normalized spacial score (nSPS) is 12.0. The van der Waals surface area contributed by atoms with Crippen molar-refractivity contribution in [2.75, 3.05) is 0 Å². The third kappa shape index (κ3) is 4.08. The standard InChI is InChI=1S/C13H16O5/c1-8(2)17-12(15)9(3)18-13(16)10-4-6-11(14)7-5-10/h4-9,14H,1-3H3. The Morgan fingerprint density at radius 1 is 1.06 bits per heavy atom. The zero-order valence-electron chi connectivity index (χ0n) is 10.5. The summed E-state index contributed by atoms with van der Waals surface area (Å²) in [7, 11) is 0. The number of phenolic OH excluding ortho intramolecular Hbond substituents is 1.